The normalized spacial score (nSPS) is 11.1. The van der Waals surface area contributed by atoms with Crippen LogP contribution in [0.25, 0.3) is 22.4 Å². The summed E-state index contributed by atoms with van der Waals surface area (Å²) in [4.78, 5) is 22.4. The molecule has 3 aromatic heterocycles. The summed E-state index contributed by atoms with van der Waals surface area (Å²) in [5.74, 6) is -0.517. The van der Waals surface area contributed by atoms with Crippen molar-refractivity contribution >= 4 is 11.2 Å². The molecular formula is C13H11FN4O. The average molecular weight is 258 g/mol. The SMILES string of the molecule is Cc1nc(F)ccc1-c1ccc2[nH]c(=O)n(C)c2n1. The predicted molar refractivity (Wildman–Crippen MR) is 69.3 cm³/mol. The van der Waals surface area contributed by atoms with E-state index in [9.17, 15) is 9.18 Å². The highest BCUT2D eigenvalue weighted by Crippen LogP contribution is 2.22. The smallest absolute Gasteiger partial charge is 0.304 e. The number of aromatic amines is 1. The summed E-state index contributed by atoms with van der Waals surface area (Å²) in [6.07, 6.45) is 0. The molecule has 0 saturated heterocycles. The number of imidazole rings is 1. The number of aryl methyl sites for hydroxylation is 2. The van der Waals surface area contributed by atoms with E-state index in [0.717, 1.165) is 5.56 Å². The maximum absolute atomic E-state index is 13.0. The van der Waals surface area contributed by atoms with Crippen molar-refractivity contribution in [2.75, 3.05) is 0 Å². The Morgan fingerprint density at radius 3 is 2.74 bits per heavy atom. The molecule has 0 amide bonds. The van der Waals surface area contributed by atoms with E-state index in [1.54, 1.807) is 32.2 Å². The molecule has 1 N–H and O–H groups in total. The first-order valence-electron chi connectivity index (χ1n) is 5.75. The van der Waals surface area contributed by atoms with E-state index < -0.39 is 5.95 Å². The molecule has 0 aliphatic rings. The monoisotopic (exact) mass is 258 g/mol. The minimum atomic E-state index is -0.517. The zero-order valence-corrected chi connectivity index (χ0v) is 10.4. The first-order chi connectivity index (χ1) is 9.06. The van der Waals surface area contributed by atoms with Gasteiger partial charge in [-0.15, -0.1) is 0 Å². The lowest BCUT2D eigenvalue weighted by Gasteiger charge is -2.04. The van der Waals surface area contributed by atoms with Gasteiger partial charge in [-0.2, -0.15) is 4.39 Å². The van der Waals surface area contributed by atoms with Crippen molar-refractivity contribution in [1.29, 1.82) is 0 Å². The number of aromatic nitrogens is 4. The number of nitrogens with zero attached hydrogens (tertiary/aromatic N) is 3. The minimum absolute atomic E-state index is 0.214. The molecule has 0 spiro atoms. The Morgan fingerprint density at radius 1 is 1.21 bits per heavy atom. The second kappa shape index (κ2) is 4.01. The van der Waals surface area contributed by atoms with Gasteiger partial charge in [-0.1, -0.05) is 0 Å². The number of H-pyrrole nitrogens is 1. The summed E-state index contributed by atoms with van der Waals surface area (Å²) in [5.41, 5.74) is 2.99. The Balaban J connectivity index is 2.25. The maximum Gasteiger partial charge on any atom is 0.327 e. The highest BCUT2D eigenvalue weighted by molar-refractivity contribution is 5.75. The molecule has 0 aliphatic heterocycles. The van der Waals surface area contributed by atoms with Crippen molar-refractivity contribution in [3.63, 3.8) is 0 Å². The van der Waals surface area contributed by atoms with Crippen molar-refractivity contribution in [3.05, 3.63) is 46.4 Å². The highest BCUT2D eigenvalue weighted by Gasteiger charge is 2.09. The van der Waals surface area contributed by atoms with Crippen LogP contribution in [0.2, 0.25) is 0 Å². The largest absolute Gasteiger partial charge is 0.327 e. The van der Waals surface area contributed by atoms with Crippen LogP contribution in [0.5, 0.6) is 0 Å². The van der Waals surface area contributed by atoms with E-state index >= 15 is 0 Å². The summed E-state index contributed by atoms with van der Waals surface area (Å²) >= 11 is 0. The van der Waals surface area contributed by atoms with Crippen LogP contribution in [0.15, 0.2) is 29.1 Å². The van der Waals surface area contributed by atoms with Crippen molar-refractivity contribution in [3.8, 4) is 11.3 Å². The average Bonchev–Trinajstić information content (AvgIpc) is 2.65. The summed E-state index contributed by atoms with van der Waals surface area (Å²) in [6.45, 7) is 1.72. The van der Waals surface area contributed by atoms with E-state index in [-0.39, 0.29) is 5.69 Å². The summed E-state index contributed by atoms with van der Waals surface area (Å²) in [5, 5.41) is 0. The van der Waals surface area contributed by atoms with Gasteiger partial charge >= 0.3 is 5.69 Å². The maximum atomic E-state index is 13.0. The molecule has 0 unspecified atom stereocenters. The molecule has 0 bridgehead atoms. The molecule has 0 saturated carbocycles. The molecule has 6 heteroatoms. The molecule has 5 nitrogen and oxygen atoms in total. The summed E-state index contributed by atoms with van der Waals surface area (Å²) < 4.78 is 14.4. The zero-order chi connectivity index (χ0) is 13.6. The number of pyridine rings is 2. The first-order valence-corrected chi connectivity index (χ1v) is 5.75. The molecule has 0 fully saturated rings. The van der Waals surface area contributed by atoms with Gasteiger partial charge < -0.3 is 4.98 Å². The molecule has 3 heterocycles. The quantitative estimate of drug-likeness (QED) is 0.676. The van der Waals surface area contributed by atoms with Gasteiger partial charge in [0.1, 0.15) is 0 Å². The Hall–Kier alpha value is -2.50. The number of nitrogens with one attached hydrogen (secondary N) is 1. The molecule has 0 radical (unpaired) electrons. The van der Waals surface area contributed by atoms with Gasteiger partial charge in [0.05, 0.1) is 11.2 Å². The standard InChI is InChI=1S/C13H11FN4O/c1-7-8(3-6-11(14)15-7)9-4-5-10-12(16-9)18(2)13(19)17-10/h3-6H,1-2H3,(H,17,19). The van der Waals surface area contributed by atoms with Crippen molar-refractivity contribution < 1.29 is 4.39 Å². The van der Waals surface area contributed by atoms with E-state index in [1.807, 2.05) is 0 Å². The van der Waals surface area contributed by atoms with Gasteiger partial charge in [0.25, 0.3) is 0 Å². The molecular weight excluding hydrogens is 247 g/mol. The van der Waals surface area contributed by atoms with Crippen LogP contribution in [0.1, 0.15) is 5.69 Å². The van der Waals surface area contributed by atoms with Crippen molar-refractivity contribution in [2.24, 2.45) is 7.05 Å². The molecule has 0 aliphatic carbocycles. The fraction of sp³-hybridized carbons (Fsp3) is 0.154. The Morgan fingerprint density at radius 2 is 2.00 bits per heavy atom. The lowest BCUT2D eigenvalue weighted by atomic mass is 10.1. The van der Waals surface area contributed by atoms with Crippen LogP contribution in [0.4, 0.5) is 4.39 Å². The van der Waals surface area contributed by atoms with Crippen molar-refractivity contribution in [1.82, 2.24) is 19.5 Å². The van der Waals surface area contributed by atoms with Gasteiger partial charge in [-0.05, 0) is 31.2 Å². The molecule has 0 aromatic carbocycles. The summed E-state index contributed by atoms with van der Waals surface area (Å²) in [7, 11) is 1.65. The van der Waals surface area contributed by atoms with Gasteiger partial charge in [-0.3, -0.25) is 4.57 Å². The third kappa shape index (κ3) is 1.81. The molecule has 3 rings (SSSR count). The van der Waals surface area contributed by atoms with E-state index in [1.165, 1.54) is 10.6 Å². The Labute approximate surface area is 107 Å². The topological polar surface area (TPSA) is 63.6 Å². The number of hydrogen-bond acceptors (Lipinski definition) is 3. The highest BCUT2D eigenvalue weighted by atomic mass is 19.1. The molecule has 3 aromatic rings. The van der Waals surface area contributed by atoms with Gasteiger partial charge in [0, 0.05) is 18.3 Å². The van der Waals surface area contributed by atoms with Crippen LogP contribution in [0.3, 0.4) is 0 Å². The lowest BCUT2D eigenvalue weighted by molar-refractivity contribution is 0.580. The van der Waals surface area contributed by atoms with E-state index in [0.29, 0.717) is 22.6 Å². The van der Waals surface area contributed by atoms with Crippen LogP contribution in [0, 0.1) is 12.9 Å². The fourth-order valence-electron chi connectivity index (χ4n) is 2.05. The second-order valence-corrected chi connectivity index (χ2v) is 4.32. The third-order valence-electron chi connectivity index (χ3n) is 3.07. The first kappa shape index (κ1) is 11.6. The Kier molecular flexibility index (Phi) is 2.45. The minimum Gasteiger partial charge on any atom is -0.304 e. The van der Waals surface area contributed by atoms with Gasteiger partial charge in [0.15, 0.2) is 5.65 Å². The Bertz CT molecular complexity index is 834. The molecule has 19 heavy (non-hydrogen) atoms. The number of fused-ring (bicyclic) bond motifs is 1. The third-order valence-corrected chi connectivity index (χ3v) is 3.07. The number of halogens is 1. The lowest BCUT2D eigenvalue weighted by Crippen LogP contribution is -2.12. The second-order valence-electron chi connectivity index (χ2n) is 4.32. The van der Waals surface area contributed by atoms with Gasteiger partial charge in [0.2, 0.25) is 5.95 Å². The fourth-order valence-corrected chi connectivity index (χ4v) is 2.05. The molecule has 0 atom stereocenters. The van der Waals surface area contributed by atoms with Crippen LogP contribution in [-0.4, -0.2) is 19.5 Å². The van der Waals surface area contributed by atoms with Crippen LogP contribution < -0.4 is 5.69 Å². The zero-order valence-electron chi connectivity index (χ0n) is 10.4. The van der Waals surface area contributed by atoms with E-state index in [4.69, 9.17) is 0 Å². The number of rotatable bonds is 1. The van der Waals surface area contributed by atoms with E-state index in [2.05, 4.69) is 15.0 Å². The van der Waals surface area contributed by atoms with Crippen LogP contribution >= 0.6 is 0 Å². The van der Waals surface area contributed by atoms with Crippen molar-refractivity contribution in [2.45, 2.75) is 6.92 Å². The number of hydrogen-bond donors (Lipinski definition) is 1. The molecule has 96 valence electrons. The predicted octanol–water partition coefficient (Wildman–Crippen LogP) is 1.77. The van der Waals surface area contributed by atoms with Gasteiger partial charge in [-0.25, -0.2) is 14.8 Å². The summed E-state index contributed by atoms with van der Waals surface area (Å²) in [6, 6.07) is 6.49. The van der Waals surface area contributed by atoms with Crippen LogP contribution in [-0.2, 0) is 7.05 Å².